The second-order valence-electron chi connectivity index (χ2n) is 5.95. The van der Waals surface area contributed by atoms with Crippen molar-refractivity contribution < 1.29 is 14.7 Å². The topological polar surface area (TPSA) is 54.4 Å². The van der Waals surface area contributed by atoms with Crippen molar-refractivity contribution in [2.45, 2.75) is 52.4 Å². The van der Waals surface area contributed by atoms with Gasteiger partial charge in [-0.2, -0.15) is 0 Å². The molecule has 1 saturated carbocycles. The second-order valence-corrected chi connectivity index (χ2v) is 5.95. The van der Waals surface area contributed by atoms with Crippen LogP contribution in [0.4, 0.5) is 0 Å². The number of carboxylic acid groups (broad SMARTS) is 1. The maximum Gasteiger partial charge on any atom is 0.309 e. The van der Waals surface area contributed by atoms with Crippen LogP contribution in [0, 0.1) is 17.3 Å². The van der Waals surface area contributed by atoms with Gasteiger partial charge in [-0.15, -0.1) is 6.58 Å². The summed E-state index contributed by atoms with van der Waals surface area (Å²) in [5, 5.41) is 9.03. The van der Waals surface area contributed by atoms with Crippen molar-refractivity contribution in [1.82, 2.24) is 0 Å². The number of Topliss-reactive ketones (excluding diaryl/α,β-unsaturated/α-hetero) is 1. The van der Waals surface area contributed by atoms with Gasteiger partial charge in [0.1, 0.15) is 5.78 Å². The van der Waals surface area contributed by atoms with E-state index in [1.165, 1.54) is 0 Å². The third-order valence-corrected chi connectivity index (χ3v) is 4.05. The molecule has 1 rings (SSSR count). The molecule has 0 aromatic carbocycles. The van der Waals surface area contributed by atoms with Crippen molar-refractivity contribution in [3.8, 4) is 0 Å². The predicted octanol–water partition coefficient (Wildman–Crippen LogP) is 3.44. The Bertz CT molecular complexity index is 331. The summed E-state index contributed by atoms with van der Waals surface area (Å²) in [6.07, 6.45) is 6.98. The van der Waals surface area contributed by atoms with Gasteiger partial charge in [0.25, 0.3) is 0 Å². The van der Waals surface area contributed by atoms with Crippen molar-refractivity contribution in [1.29, 1.82) is 0 Å². The van der Waals surface area contributed by atoms with E-state index >= 15 is 0 Å². The van der Waals surface area contributed by atoms with Gasteiger partial charge in [-0.1, -0.05) is 18.9 Å². The molecule has 102 valence electrons. The van der Waals surface area contributed by atoms with Gasteiger partial charge >= 0.3 is 5.97 Å². The number of ketones is 1. The SMILES string of the molecule is C=CC1CCCC(CCCC(C)(C)C(=O)O)C1=O. The highest BCUT2D eigenvalue weighted by Gasteiger charge is 2.31. The van der Waals surface area contributed by atoms with Crippen LogP contribution < -0.4 is 0 Å². The van der Waals surface area contributed by atoms with Crippen LogP contribution in [0.5, 0.6) is 0 Å². The fourth-order valence-corrected chi connectivity index (χ4v) is 2.59. The monoisotopic (exact) mass is 252 g/mol. The maximum absolute atomic E-state index is 12.1. The lowest BCUT2D eigenvalue weighted by Gasteiger charge is -2.27. The largest absolute Gasteiger partial charge is 0.481 e. The van der Waals surface area contributed by atoms with Gasteiger partial charge < -0.3 is 5.11 Å². The van der Waals surface area contributed by atoms with E-state index in [2.05, 4.69) is 6.58 Å². The van der Waals surface area contributed by atoms with Crippen LogP contribution >= 0.6 is 0 Å². The molecule has 2 unspecified atom stereocenters. The Morgan fingerprint density at radius 3 is 2.72 bits per heavy atom. The molecular weight excluding hydrogens is 228 g/mol. The molecule has 3 nitrogen and oxygen atoms in total. The highest BCUT2D eigenvalue weighted by Crippen LogP contribution is 2.32. The summed E-state index contributed by atoms with van der Waals surface area (Å²) < 4.78 is 0. The van der Waals surface area contributed by atoms with Gasteiger partial charge in [-0.3, -0.25) is 9.59 Å². The third-order valence-electron chi connectivity index (χ3n) is 4.05. The third kappa shape index (κ3) is 3.69. The van der Waals surface area contributed by atoms with Crippen LogP contribution in [0.3, 0.4) is 0 Å². The first-order chi connectivity index (χ1) is 8.38. The number of carbonyl (C=O) groups is 2. The van der Waals surface area contributed by atoms with E-state index in [-0.39, 0.29) is 11.8 Å². The summed E-state index contributed by atoms with van der Waals surface area (Å²) in [6, 6.07) is 0. The standard InChI is InChI=1S/C15H24O3/c1-4-11-7-5-8-12(13(11)16)9-6-10-15(2,3)14(17)18/h4,11-12H,1,5-10H2,2-3H3,(H,17,18). The van der Waals surface area contributed by atoms with Gasteiger partial charge in [-0.25, -0.2) is 0 Å². The number of rotatable bonds is 6. The van der Waals surface area contributed by atoms with Gasteiger partial charge in [0.05, 0.1) is 5.41 Å². The smallest absolute Gasteiger partial charge is 0.309 e. The van der Waals surface area contributed by atoms with Crippen molar-refractivity contribution >= 4 is 11.8 Å². The highest BCUT2D eigenvalue weighted by molar-refractivity contribution is 5.85. The van der Waals surface area contributed by atoms with Crippen molar-refractivity contribution in [3.05, 3.63) is 12.7 Å². The van der Waals surface area contributed by atoms with E-state index in [1.54, 1.807) is 19.9 Å². The summed E-state index contributed by atoms with van der Waals surface area (Å²) in [7, 11) is 0. The minimum atomic E-state index is -0.763. The summed E-state index contributed by atoms with van der Waals surface area (Å²) in [5.41, 5.74) is -0.685. The quantitative estimate of drug-likeness (QED) is 0.737. The number of hydrogen-bond donors (Lipinski definition) is 1. The van der Waals surface area contributed by atoms with E-state index < -0.39 is 11.4 Å². The Hall–Kier alpha value is -1.12. The Balaban J connectivity index is 2.42. The maximum atomic E-state index is 12.1. The Labute approximate surface area is 109 Å². The molecule has 2 atom stereocenters. The Kier molecular flexibility index (Phi) is 5.12. The average molecular weight is 252 g/mol. The van der Waals surface area contributed by atoms with E-state index in [1.807, 2.05) is 0 Å². The lowest BCUT2D eigenvalue weighted by Crippen LogP contribution is -2.28. The van der Waals surface area contributed by atoms with Crippen LogP contribution in [0.25, 0.3) is 0 Å². The molecular formula is C15H24O3. The molecule has 1 aliphatic carbocycles. The average Bonchev–Trinajstić information content (AvgIpc) is 2.31. The molecule has 0 amide bonds. The number of carbonyl (C=O) groups excluding carboxylic acids is 1. The van der Waals surface area contributed by atoms with E-state index in [4.69, 9.17) is 5.11 Å². The summed E-state index contributed by atoms with van der Waals surface area (Å²) in [6.45, 7) is 7.19. The number of hydrogen-bond acceptors (Lipinski definition) is 2. The molecule has 0 spiro atoms. The molecule has 0 heterocycles. The molecule has 0 aliphatic heterocycles. The van der Waals surface area contributed by atoms with Crippen molar-refractivity contribution in [2.75, 3.05) is 0 Å². The molecule has 1 aliphatic rings. The Morgan fingerprint density at radius 2 is 2.17 bits per heavy atom. The number of aliphatic carboxylic acids is 1. The van der Waals surface area contributed by atoms with Gasteiger partial charge in [0, 0.05) is 11.8 Å². The fourth-order valence-electron chi connectivity index (χ4n) is 2.59. The van der Waals surface area contributed by atoms with E-state index in [9.17, 15) is 9.59 Å². The van der Waals surface area contributed by atoms with Crippen molar-refractivity contribution in [2.24, 2.45) is 17.3 Å². The molecule has 3 heteroatoms. The van der Waals surface area contributed by atoms with E-state index in [0.717, 1.165) is 32.1 Å². The zero-order chi connectivity index (χ0) is 13.8. The first-order valence-corrected chi connectivity index (χ1v) is 6.78. The van der Waals surface area contributed by atoms with Crippen LogP contribution in [0.15, 0.2) is 12.7 Å². The first-order valence-electron chi connectivity index (χ1n) is 6.78. The molecule has 0 saturated heterocycles. The minimum Gasteiger partial charge on any atom is -0.481 e. The normalized spacial score (nSPS) is 24.9. The molecule has 0 aromatic heterocycles. The van der Waals surface area contributed by atoms with Crippen LogP contribution in [-0.2, 0) is 9.59 Å². The number of allylic oxidation sites excluding steroid dienone is 1. The fraction of sp³-hybridized carbons (Fsp3) is 0.733. The van der Waals surface area contributed by atoms with Gasteiger partial charge in [-0.05, 0) is 39.5 Å². The molecule has 0 radical (unpaired) electrons. The van der Waals surface area contributed by atoms with Gasteiger partial charge in [0.2, 0.25) is 0 Å². The van der Waals surface area contributed by atoms with Crippen LogP contribution in [0.1, 0.15) is 52.4 Å². The molecule has 1 fully saturated rings. The predicted molar refractivity (Wildman–Crippen MR) is 71.3 cm³/mol. The molecule has 0 bridgehead atoms. The Morgan fingerprint density at radius 1 is 1.50 bits per heavy atom. The van der Waals surface area contributed by atoms with Crippen LogP contribution in [-0.4, -0.2) is 16.9 Å². The molecule has 1 N–H and O–H groups in total. The minimum absolute atomic E-state index is 0.0243. The van der Waals surface area contributed by atoms with Crippen molar-refractivity contribution in [3.63, 3.8) is 0 Å². The first kappa shape index (κ1) is 14.9. The van der Waals surface area contributed by atoms with Gasteiger partial charge in [0.15, 0.2) is 0 Å². The highest BCUT2D eigenvalue weighted by atomic mass is 16.4. The lowest BCUT2D eigenvalue weighted by atomic mass is 9.76. The summed E-state index contributed by atoms with van der Waals surface area (Å²) in [4.78, 5) is 23.0. The van der Waals surface area contributed by atoms with E-state index in [0.29, 0.717) is 12.2 Å². The zero-order valence-electron chi connectivity index (χ0n) is 11.4. The van der Waals surface area contributed by atoms with Crippen LogP contribution in [0.2, 0.25) is 0 Å². The summed E-state index contributed by atoms with van der Waals surface area (Å²) >= 11 is 0. The molecule has 0 aromatic rings. The summed E-state index contributed by atoms with van der Waals surface area (Å²) in [5.74, 6) is -0.312. The zero-order valence-corrected chi connectivity index (χ0v) is 11.4. The second kappa shape index (κ2) is 6.17. The number of carboxylic acids is 1. The lowest BCUT2D eigenvalue weighted by molar-refractivity contribution is -0.147. The molecule has 18 heavy (non-hydrogen) atoms.